The van der Waals surface area contributed by atoms with Crippen LogP contribution in [0.3, 0.4) is 0 Å². The number of benzene rings is 2. The van der Waals surface area contributed by atoms with Gasteiger partial charge in [0.15, 0.2) is 0 Å². The Labute approximate surface area is 130 Å². The van der Waals surface area contributed by atoms with Crippen LogP contribution in [0.2, 0.25) is 0 Å². The molecule has 112 valence electrons. The van der Waals surface area contributed by atoms with E-state index in [4.69, 9.17) is 5.73 Å². The van der Waals surface area contributed by atoms with Crippen molar-refractivity contribution >= 4 is 11.6 Å². The number of carbonyl (C=O) groups excluding carboxylic acids is 1. The van der Waals surface area contributed by atoms with E-state index in [-0.39, 0.29) is 5.91 Å². The molecule has 2 aliphatic rings. The Kier molecular flexibility index (Phi) is 3.14. The Morgan fingerprint density at radius 3 is 2.68 bits per heavy atom. The highest BCUT2D eigenvalue weighted by molar-refractivity contribution is 5.95. The summed E-state index contributed by atoms with van der Waals surface area (Å²) in [5.41, 5.74) is 10.0. The number of piperidine rings is 1. The highest BCUT2D eigenvalue weighted by Gasteiger charge is 2.40. The summed E-state index contributed by atoms with van der Waals surface area (Å²) >= 11 is 0. The number of carbonyl (C=O) groups is 1. The molecule has 0 radical (unpaired) electrons. The number of nitrogens with zero attached hydrogens (tertiary/aromatic N) is 1. The maximum Gasteiger partial charge on any atom is 0.254 e. The van der Waals surface area contributed by atoms with E-state index >= 15 is 0 Å². The van der Waals surface area contributed by atoms with E-state index in [9.17, 15) is 4.79 Å². The van der Waals surface area contributed by atoms with Crippen molar-refractivity contribution in [2.75, 3.05) is 12.3 Å². The first-order valence-electron chi connectivity index (χ1n) is 7.98. The van der Waals surface area contributed by atoms with Gasteiger partial charge in [-0.15, -0.1) is 0 Å². The number of anilines is 1. The van der Waals surface area contributed by atoms with Crippen LogP contribution in [0.15, 0.2) is 48.5 Å². The predicted octanol–water partition coefficient (Wildman–Crippen LogP) is 3.21. The molecule has 1 saturated heterocycles. The average molecular weight is 292 g/mol. The van der Waals surface area contributed by atoms with Gasteiger partial charge in [-0.3, -0.25) is 4.79 Å². The summed E-state index contributed by atoms with van der Waals surface area (Å²) in [6, 6.07) is 16.3. The van der Waals surface area contributed by atoms with Gasteiger partial charge in [-0.05, 0) is 54.7 Å². The Morgan fingerprint density at radius 1 is 1.09 bits per heavy atom. The van der Waals surface area contributed by atoms with Crippen molar-refractivity contribution in [3.63, 3.8) is 0 Å². The summed E-state index contributed by atoms with van der Waals surface area (Å²) in [7, 11) is 0. The van der Waals surface area contributed by atoms with Gasteiger partial charge in [0.25, 0.3) is 5.91 Å². The van der Waals surface area contributed by atoms with E-state index in [1.807, 2.05) is 12.1 Å². The van der Waals surface area contributed by atoms with E-state index in [1.165, 1.54) is 17.5 Å². The maximum atomic E-state index is 12.9. The van der Waals surface area contributed by atoms with Gasteiger partial charge < -0.3 is 10.6 Å². The molecule has 2 aromatic rings. The zero-order chi connectivity index (χ0) is 15.1. The van der Waals surface area contributed by atoms with Gasteiger partial charge in [-0.1, -0.05) is 24.3 Å². The molecule has 0 bridgehead atoms. The monoisotopic (exact) mass is 292 g/mol. The largest absolute Gasteiger partial charge is 0.399 e. The SMILES string of the molecule is Nc1ccc(C(=O)N2CCC[C@H]3c4ccccc4C[C@H]32)cc1. The number of nitrogen functional groups attached to an aromatic ring is 1. The molecule has 0 unspecified atom stereocenters. The normalized spacial score (nSPS) is 23.0. The molecule has 3 nitrogen and oxygen atoms in total. The van der Waals surface area contributed by atoms with E-state index in [0.717, 1.165) is 24.9 Å². The van der Waals surface area contributed by atoms with Gasteiger partial charge in [0.2, 0.25) is 0 Å². The van der Waals surface area contributed by atoms with Crippen LogP contribution in [-0.4, -0.2) is 23.4 Å². The number of hydrogen-bond donors (Lipinski definition) is 1. The Morgan fingerprint density at radius 2 is 1.86 bits per heavy atom. The highest BCUT2D eigenvalue weighted by Crippen LogP contribution is 2.42. The Hall–Kier alpha value is -2.29. The van der Waals surface area contributed by atoms with Crippen LogP contribution in [0, 0.1) is 0 Å². The topological polar surface area (TPSA) is 46.3 Å². The molecule has 1 amide bonds. The minimum atomic E-state index is 0.141. The van der Waals surface area contributed by atoms with E-state index in [2.05, 4.69) is 29.2 Å². The molecule has 2 atom stereocenters. The first-order valence-corrected chi connectivity index (χ1v) is 7.98. The molecular weight excluding hydrogens is 272 g/mol. The smallest absolute Gasteiger partial charge is 0.254 e. The van der Waals surface area contributed by atoms with Crippen molar-refractivity contribution in [3.8, 4) is 0 Å². The second kappa shape index (κ2) is 5.16. The highest BCUT2D eigenvalue weighted by atomic mass is 16.2. The summed E-state index contributed by atoms with van der Waals surface area (Å²) in [6.07, 6.45) is 3.25. The molecule has 4 rings (SSSR count). The second-order valence-corrected chi connectivity index (χ2v) is 6.34. The van der Waals surface area contributed by atoms with Gasteiger partial charge in [0.1, 0.15) is 0 Å². The molecule has 2 aromatic carbocycles. The number of fused-ring (bicyclic) bond motifs is 3. The summed E-state index contributed by atoms with van der Waals surface area (Å²) in [6.45, 7) is 0.859. The fraction of sp³-hybridized carbons (Fsp3) is 0.316. The molecule has 0 saturated carbocycles. The lowest BCUT2D eigenvalue weighted by molar-refractivity contribution is 0.0595. The molecule has 0 aromatic heterocycles. The molecule has 22 heavy (non-hydrogen) atoms. The van der Waals surface area contributed by atoms with Crippen LogP contribution in [0.25, 0.3) is 0 Å². The molecular formula is C19H20N2O. The van der Waals surface area contributed by atoms with Crippen molar-refractivity contribution < 1.29 is 4.79 Å². The van der Waals surface area contributed by atoms with Crippen LogP contribution in [0.5, 0.6) is 0 Å². The number of hydrogen-bond acceptors (Lipinski definition) is 2. The van der Waals surface area contributed by atoms with Gasteiger partial charge in [-0.2, -0.15) is 0 Å². The zero-order valence-corrected chi connectivity index (χ0v) is 12.5. The van der Waals surface area contributed by atoms with Gasteiger partial charge in [-0.25, -0.2) is 0 Å². The van der Waals surface area contributed by atoms with Crippen molar-refractivity contribution in [2.45, 2.75) is 31.2 Å². The summed E-state index contributed by atoms with van der Waals surface area (Å²) in [5.74, 6) is 0.644. The Bertz CT molecular complexity index is 708. The van der Waals surface area contributed by atoms with Gasteiger partial charge in [0, 0.05) is 29.8 Å². The molecule has 1 fully saturated rings. The van der Waals surface area contributed by atoms with E-state index in [1.54, 1.807) is 12.1 Å². The van der Waals surface area contributed by atoms with E-state index < -0.39 is 0 Å². The Balaban J connectivity index is 1.63. The predicted molar refractivity (Wildman–Crippen MR) is 87.8 cm³/mol. The fourth-order valence-electron chi connectivity index (χ4n) is 4.02. The number of rotatable bonds is 1. The third kappa shape index (κ3) is 2.08. The lowest BCUT2D eigenvalue weighted by Crippen LogP contribution is -2.46. The lowest BCUT2D eigenvalue weighted by Gasteiger charge is -2.38. The quantitative estimate of drug-likeness (QED) is 0.820. The lowest BCUT2D eigenvalue weighted by atomic mass is 9.88. The van der Waals surface area contributed by atoms with Gasteiger partial charge in [0.05, 0.1) is 0 Å². The molecule has 3 heteroatoms. The van der Waals surface area contributed by atoms with Crippen LogP contribution >= 0.6 is 0 Å². The number of nitrogens with two attached hydrogens (primary N) is 1. The summed E-state index contributed by atoms with van der Waals surface area (Å²) in [4.78, 5) is 15.0. The van der Waals surface area contributed by atoms with Gasteiger partial charge >= 0.3 is 0 Å². The summed E-state index contributed by atoms with van der Waals surface area (Å²) < 4.78 is 0. The second-order valence-electron chi connectivity index (χ2n) is 6.34. The summed E-state index contributed by atoms with van der Waals surface area (Å²) in [5, 5.41) is 0. The van der Waals surface area contributed by atoms with E-state index in [0.29, 0.717) is 17.6 Å². The molecule has 2 N–H and O–H groups in total. The maximum absolute atomic E-state index is 12.9. The molecule has 1 heterocycles. The standard InChI is InChI=1S/C19H20N2O/c20-15-9-7-13(8-10-15)19(22)21-11-3-6-17-16-5-2-1-4-14(16)12-18(17)21/h1-2,4-5,7-10,17-18H,3,6,11-12,20H2/t17-,18+/m0/s1. The van der Waals surface area contributed by atoms with Crippen LogP contribution in [-0.2, 0) is 6.42 Å². The van der Waals surface area contributed by atoms with Crippen LogP contribution in [0.4, 0.5) is 5.69 Å². The number of amides is 1. The van der Waals surface area contributed by atoms with Crippen molar-refractivity contribution in [1.29, 1.82) is 0 Å². The third-order valence-electron chi connectivity index (χ3n) is 5.08. The first-order chi connectivity index (χ1) is 10.7. The zero-order valence-electron chi connectivity index (χ0n) is 12.5. The minimum Gasteiger partial charge on any atom is -0.399 e. The molecule has 1 aliphatic carbocycles. The van der Waals surface area contributed by atoms with Crippen molar-refractivity contribution in [3.05, 3.63) is 65.2 Å². The van der Waals surface area contributed by atoms with Crippen molar-refractivity contribution in [1.82, 2.24) is 4.90 Å². The molecule has 1 aliphatic heterocycles. The first kappa shape index (κ1) is 13.4. The molecule has 0 spiro atoms. The minimum absolute atomic E-state index is 0.141. The average Bonchev–Trinajstić information content (AvgIpc) is 2.93. The van der Waals surface area contributed by atoms with Crippen molar-refractivity contribution in [2.24, 2.45) is 0 Å². The van der Waals surface area contributed by atoms with Crippen LogP contribution < -0.4 is 5.73 Å². The number of likely N-dealkylation sites (tertiary alicyclic amines) is 1. The fourth-order valence-corrected chi connectivity index (χ4v) is 4.02. The van der Waals surface area contributed by atoms with Crippen LogP contribution in [0.1, 0.15) is 40.2 Å². The third-order valence-corrected chi connectivity index (χ3v) is 5.08.